The molecule has 0 unspecified atom stereocenters. The van der Waals surface area contributed by atoms with Crippen LogP contribution in [-0.4, -0.2) is 6.54 Å². The van der Waals surface area contributed by atoms with Gasteiger partial charge >= 0.3 is 0 Å². The monoisotopic (exact) mass is 224 g/mol. The van der Waals surface area contributed by atoms with Gasteiger partial charge in [0.15, 0.2) is 0 Å². The molecule has 17 heavy (non-hydrogen) atoms. The number of rotatable bonds is 5. The fourth-order valence-electron chi connectivity index (χ4n) is 2.09. The Morgan fingerprint density at radius 1 is 0.824 bits per heavy atom. The van der Waals surface area contributed by atoms with Crippen molar-refractivity contribution in [2.45, 2.75) is 12.3 Å². The molecule has 2 nitrogen and oxygen atoms in total. The van der Waals surface area contributed by atoms with Crippen LogP contribution in [0.1, 0.15) is 23.5 Å². The SMILES string of the molecule is N=NCCC(c1ccccc1)c1ccccc1. The highest BCUT2D eigenvalue weighted by atomic mass is 14.9. The maximum absolute atomic E-state index is 6.95. The lowest BCUT2D eigenvalue weighted by Gasteiger charge is -2.16. The lowest BCUT2D eigenvalue weighted by atomic mass is 9.89. The summed E-state index contributed by atoms with van der Waals surface area (Å²) in [6.45, 7) is 0.578. The Bertz CT molecular complexity index is 411. The summed E-state index contributed by atoms with van der Waals surface area (Å²) in [5, 5.41) is 3.48. The van der Waals surface area contributed by atoms with Crippen LogP contribution in [0.15, 0.2) is 65.8 Å². The van der Waals surface area contributed by atoms with Crippen molar-refractivity contribution in [1.29, 1.82) is 5.53 Å². The first-order valence-corrected chi connectivity index (χ1v) is 5.85. The molecule has 2 aromatic rings. The summed E-state index contributed by atoms with van der Waals surface area (Å²) in [6, 6.07) is 20.9. The van der Waals surface area contributed by atoms with Crippen molar-refractivity contribution < 1.29 is 0 Å². The van der Waals surface area contributed by atoms with Crippen molar-refractivity contribution in [1.82, 2.24) is 0 Å². The number of hydrogen-bond acceptors (Lipinski definition) is 2. The van der Waals surface area contributed by atoms with Gasteiger partial charge in [0.25, 0.3) is 0 Å². The molecular formula is C15H16N2. The van der Waals surface area contributed by atoms with Gasteiger partial charge < -0.3 is 0 Å². The van der Waals surface area contributed by atoms with Crippen LogP contribution in [0, 0.1) is 5.53 Å². The Morgan fingerprint density at radius 3 is 1.71 bits per heavy atom. The van der Waals surface area contributed by atoms with Gasteiger partial charge in [-0.2, -0.15) is 5.11 Å². The second-order valence-corrected chi connectivity index (χ2v) is 4.04. The van der Waals surface area contributed by atoms with Crippen LogP contribution in [0.4, 0.5) is 0 Å². The van der Waals surface area contributed by atoms with E-state index in [2.05, 4.69) is 53.6 Å². The highest BCUT2D eigenvalue weighted by Gasteiger charge is 2.12. The molecule has 0 bridgehead atoms. The molecule has 0 amide bonds. The topological polar surface area (TPSA) is 36.2 Å². The third kappa shape index (κ3) is 3.00. The minimum Gasteiger partial charge on any atom is -0.210 e. The lowest BCUT2D eigenvalue weighted by molar-refractivity contribution is 0.700. The van der Waals surface area contributed by atoms with E-state index in [0.717, 1.165) is 6.42 Å². The predicted octanol–water partition coefficient (Wildman–Crippen LogP) is 4.24. The summed E-state index contributed by atoms with van der Waals surface area (Å²) in [5.74, 6) is 0.339. The molecule has 2 heteroatoms. The van der Waals surface area contributed by atoms with Crippen LogP contribution in [0.25, 0.3) is 0 Å². The zero-order valence-corrected chi connectivity index (χ0v) is 9.71. The molecule has 2 rings (SSSR count). The molecule has 0 spiro atoms. The Labute approximate surface area is 102 Å². The molecule has 0 saturated heterocycles. The summed E-state index contributed by atoms with van der Waals surface area (Å²) < 4.78 is 0. The van der Waals surface area contributed by atoms with Gasteiger partial charge in [-0.1, -0.05) is 60.7 Å². The van der Waals surface area contributed by atoms with Crippen LogP contribution in [-0.2, 0) is 0 Å². The van der Waals surface area contributed by atoms with Crippen molar-refractivity contribution in [3.05, 3.63) is 71.8 Å². The number of hydrogen-bond donors (Lipinski definition) is 1. The van der Waals surface area contributed by atoms with Crippen molar-refractivity contribution in [3.8, 4) is 0 Å². The normalized spacial score (nSPS) is 10.4. The molecule has 0 aliphatic heterocycles. The van der Waals surface area contributed by atoms with Crippen molar-refractivity contribution in [3.63, 3.8) is 0 Å². The molecule has 0 aliphatic rings. The fraction of sp³-hybridized carbons (Fsp3) is 0.200. The van der Waals surface area contributed by atoms with E-state index >= 15 is 0 Å². The third-order valence-corrected chi connectivity index (χ3v) is 2.93. The maximum Gasteiger partial charge on any atom is 0.0605 e. The highest BCUT2D eigenvalue weighted by Crippen LogP contribution is 2.27. The van der Waals surface area contributed by atoms with E-state index in [4.69, 9.17) is 5.53 Å². The summed E-state index contributed by atoms with van der Waals surface area (Å²) >= 11 is 0. The van der Waals surface area contributed by atoms with Gasteiger partial charge in [0.05, 0.1) is 6.54 Å². The highest BCUT2D eigenvalue weighted by molar-refractivity contribution is 5.32. The number of nitrogens with zero attached hydrogens (tertiary/aromatic N) is 1. The zero-order valence-electron chi connectivity index (χ0n) is 9.71. The van der Waals surface area contributed by atoms with E-state index in [9.17, 15) is 0 Å². The molecule has 0 fully saturated rings. The second-order valence-electron chi connectivity index (χ2n) is 4.04. The first kappa shape index (κ1) is 11.5. The van der Waals surface area contributed by atoms with Gasteiger partial charge in [-0.25, -0.2) is 5.53 Å². The minimum atomic E-state index is 0.339. The van der Waals surface area contributed by atoms with Gasteiger partial charge in [-0.3, -0.25) is 0 Å². The molecular weight excluding hydrogens is 208 g/mol. The zero-order chi connectivity index (χ0) is 11.9. The largest absolute Gasteiger partial charge is 0.210 e. The summed E-state index contributed by atoms with van der Waals surface area (Å²) in [4.78, 5) is 0. The van der Waals surface area contributed by atoms with E-state index < -0.39 is 0 Å². The van der Waals surface area contributed by atoms with Crippen molar-refractivity contribution in [2.24, 2.45) is 5.11 Å². The van der Waals surface area contributed by atoms with E-state index in [1.165, 1.54) is 11.1 Å². The van der Waals surface area contributed by atoms with Gasteiger partial charge in [0.2, 0.25) is 0 Å². The van der Waals surface area contributed by atoms with Crippen LogP contribution < -0.4 is 0 Å². The molecule has 0 heterocycles. The van der Waals surface area contributed by atoms with Crippen molar-refractivity contribution in [2.75, 3.05) is 6.54 Å². The van der Waals surface area contributed by atoms with Gasteiger partial charge in [0.1, 0.15) is 0 Å². The average Bonchev–Trinajstić information content (AvgIpc) is 2.42. The Balaban J connectivity index is 2.29. The quantitative estimate of drug-likeness (QED) is 0.737. The summed E-state index contributed by atoms with van der Waals surface area (Å²) in [5.41, 5.74) is 9.53. The Morgan fingerprint density at radius 2 is 1.29 bits per heavy atom. The Kier molecular flexibility index (Phi) is 4.03. The molecule has 0 radical (unpaired) electrons. The van der Waals surface area contributed by atoms with E-state index in [0.29, 0.717) is 12.5 Å². The Hall–Kier alpha value is -1.96. The van der Waals surface area contributed by atoms with Crippen LogP contribution in [0.3, 0.4) is 0 Å². The molecule has 1 N–H and O–H groups in total. The fourth-order valence-corrected chi connectivity index (χ4v) is 2.09. The maximum atomic E-state index is 6.95. The van der Waals surface area contributed by atoms with Crippen molar-refractivity contribution >= 4 is 0 Å². The second kappa shape index (κ2) is 5.94. The molecule has 0 atom stereocenters. The lowest BCUT2D eigenvalue weighted by Crippen LogP contribution is -2.02. The molecule has 2 aromatic carbocycles. The summed E-state index contributed by atoms with van der Waals surface area (Å²) in [7, 11) is 0. The van der Waals surface area contributed by atoms with E-state index in [-0.39, 0.29) is 0 Å². The predicted molar refractivity (Wildman–Crippen MR) is 69.4 cm³/mol. The van der Waals surface area contributed by atoms with Crippen LogP contribution in [0.2, 0.25) is 0 Å². The molecule has 0 aliphatic carbocycles. The standard InChI is InChI=1S/C15H16N2/c16-17-12-11-15(13-7-3-1-4-8-13)14-9-5-2-6-10-14/h1-10,15-16H,11-12H2. The van der Waals surface area contributed by atoms with Crippen LogP contribution in [0.5, 0.6) is 0 Å². The van der Waals surface area contributed by atoms with Crippen LogP contribution >= 0.6 is 0 Å². The molecule has 0 aromatic heterocycles. The smallest absolute Gasteiger partial charge is 0.0605 e. The first-order chi connectivity index (χ1) is 8.42. The number of nitrogens with one attached hydrogen (secondary N) is 1. The van der Waals surface area contributed by atoms with E-state index in [1.54, 1.807) is 0 Å². The molecule has 0 saturated carbocycles. The summed E-state index contributed by atoms with van der Waals surface area (Å²) in [6.07, 6.45) is 0.886. The average molecular weight is 224 g/mol. The molecule has 86 valence electrons. The first-order valence-electron chi connectivity index (χ1n) is 5.85. The van der Waals surface area contributed by atoms with E-state index in [1.807, 2.05) is 12.1 Å². The van der Waals surface area contributed by atoms with Gasteiger partial charge in [0, 0.05) is 5.92 Å². The van der Waals surface area contributed by atoms with Gasteiger partial charge in [-0.15, -0.1) is 0 Å². The minimum absolute atomic E-state index is 0.339. The third-order valence-electron chi connectivity index (χ3n) is 2.93. The number of benzene rings is 2. The van der Waals surface area contributed by atoms with Gasteiger partial charge in [-0.05, 0) is 17.5 Å².